The van der Waals surface area contributed by atoms with Gasteiger partial charge in [-0.2, -0.15) is 13.2 Å². The summed E-state index contributed by atoms with van der Waals surface area (Å²) in [7, 11) is 1.62. The Kier molecular flexibility index (Phi) is 6.56. The second kappa shape index (κ2) is 7.45. The molecule has 1 rings (SSSR count). The highest BCUT2D eigenvalue weighted by Gasteiger charge is 2.27. The van der Waals surface area contributed by atoms with Crippen LogP contribution in [0.25, 0.3) is 0 Å². The van der Waals surface area contributed by atoms with Gasteiger partial charge in [0.1, 0.15) is 0 Å². The predicted octanol–water partition coefficient (Wildman–Crippen LogP) is 1.96. The Morgan fingerprint density at radius 1 is 1.32 bits per heavy atom. The SMILES string of the molecule is CC1CCN(CC(O)CN(C)CCC(F)(F)F)CC1. The van der Waals surface area contributed by atoms with Crippen molar-refractivity contribution in [1.82, 2.24) is 9.80 Å². The van der Waals surface area contributed by atoms with Crippen molar-refractivity contribution in [3.8, 4) is 0 Å². The summed E-state index contributed by atoms with van der Waals surface area (Å²) in [6.45, 7) is 4.97. The highest BCUT2D eigenvalue weighted by atomic mass is 19.4. The van der Waals surface area contributed by atoms with E-state index in [1.807, 2.05) is 0 Å². The van der Waals surface area contributed by atoms with Crippen LogP contribution in [0.2, 0.25) is 0 Å². The molecule has 0 radical (unpaired) electrons. The molecule has 3 nitrogen and oxygen atoms in total. The van der Waals surface area contributed by atoms with Gasteiger partial charge in [-0.15, -0.1) is 0 Å². The number of piperidine rings is 1. The monoisotopic (exact) mass is 282 g/mol. The molecule has 1 heterocycles. The molecule has 0 spiro atoms. The second-order valence-corrected chi connectivity index (χ2v) is 5.76. The number of hydrogen-bond donors (Lipinski definition) is 1. The number of aliphatic hydroxyl groups is 1. The van der Waals surface area contributed by atoms with E-state index >= 15 is 0 Å². The minimum atomic E-state index is -4.12. The maximum atomic E-state index is 12.1. The Hall–Kier alpha value is -0.330. The minimum Gasteiger partial charge on any atom is -0.390 e. The van der Waals surface area contributed by atoms with Gasteiger partial charge in [0.15, 0.2) is 0 Å². The van der Waals surface area contributed by atoms with Crippen molar-refractivity contribution in [2.75, 3.05) is 39.8 Å². The summed E-state index contributed by atoms with van der Waals surface area (Å²) in [6, 6.07) is 0. The normalized spacial score (nSPS) is 21.0. The van der Waals surface area contributed by atoms with Gasteiger partial charge in [-0.25, -0.2) is 0 Å². The van der Waals surface area contributed by atoms with E-state index < -0.39 is 18.7 Å². The van der Waals surface area contributed by atoms with Gasteiger partial charge in [0, 0.05) is 19.6 Å². The van der Waals surface area contributed by atoms with Crippen LogP contribution in [0.1, 0.15) is 26.2 Å². The number of aliphatic hydroxyl groups excluding tert-OH is 1. The molecule has 1 atom stereocenters. The van der Waals surface area contributed by atoms with Gasteiger partial charge in [-0.3, -0.25) is 0 Å². The van der Waals surface area contributed by atoms with E-state index in [2.05, 4.69) is 11.8 Å². The molecular weight excluding hydrogens is 257 g/mol. The molecule has 1 N–H and O–H groups in total. The third kappa shape index (κ3) is 7.74. The summed E-state index contributed by atoms with van der Waals surface area (Å²) in [5.41, 5.74) is 0. The molecule has 19 heavy (non-hydrogen) atoms. The second-order valence-electron chi connectivity index (χ2n) is 5.76. The average Bonchev–Trinajstić information content (AvgIpc) is 2.29. The van der Waals surface area contributed by atoms with Crippen LogP contribution in [0.3, 0.4) is 0 Å². The number of likely N-dealkylation sites (N-methyl/N-ethyl adjacent to an activating group) is 1. The van der Waals surface area contributed by atoms with E-state index in [0.29, 0.717) is 13.1 Å². The fourth-order valence-electron chi connectivity index (χ4n) is 2.37. The van der Waals surface area contributed by atoms with E-state index in [1.54, 1.807) is 11.9 Å². The van der Waals surface area contributed by atoms with E-state index in [9.17, 15) is 18.3 Å². The first-order valence-corrected chi connectivity index (χ1v) is 6.92. The molecule has 1 fully saturated rings. The lowest BCUT2D eigenvalue weighted by atomic mass is 9.99. The van der Waals surface area contributed by atoms with Gasteiger partial charge in [-0.1, -0.05) is 6.92 Å². The number of hydrogen-bond acceptors (Lipinski definition) is 3. The van der Waals surface area contributed by atoms with E-state index in [-0.39, 0.29) is 6.54 Å². The molecule has 1 aliphatic rings. The highest BCUT2D eigenvalue weighted by molar-refractivity contribution is 4.73. The van der Waals surface area contributed by atoms with Gasteiger partial charge in [0.25, 0.3) is 0 Å². The van der Waals surface area contributed by atoms with Crippen LogP contribution in [0.4, 0.5) is 13.2 Å². The first-order valence-electron chi connectivity index (χ1n) is 6.92. The van der Waals surface area contributed by atoms with Gasteiger partial charge in [-0.05, 0) is 38.9 Å². The maximum Gasteiger partial charge on any atom is 0.390 e. The number of rotatable bonds is 6. The third-order valence-electron chi connectivity index (χ3n) is 3.64. The van der Waals surface area contributed by atoms with Crippen LogP contribution in [0, 0.1) is 5.92 Å². The Balaban J connectivity index is 2.17. The van der Waals surface area contributed by atoms with Gasteiger partial charge in [0.2, 0.25) is 0 Å². The standard InChI is InChI=1S/C13H25F3N2O/c1-11-3-6-18(7-4-11)10-12(19)9-17(2)8-5-13(14,15)16/h11-12,19H,3-10H2,1-2H3. The first-order chi connectivity index (χ1) is 8.76. The smallest absolute Gasteiger partial charge is 0.390 e. The Morgan fingerprint density at radius 2 is 1.89 bits per heavy atom. The van der Waals surface area contributed by atoms with Crippen LogP contribution < -0.4 is 0 Å². The lowest BCUT2D eigenvalue weighted by molar-refractivity contribution is -0.138. The Labute approximate surface area is 113 Å². The van der Waals surface area contributed by atoms with Crippen LogP contribution in [-0.4, -0.2) is 67.0 Å². The molecule has 114 valence electrons. The molecule has 0 aliphatic carbocycles. The summed E-state index contributed by atoms with van der Waals surface area (Å²) < 4.78 is 36.2. The first kappa shape index (κ1) is 16.7. The van der Waals surface area contributed by atoms with Crippen molar-refractivity contribution in [2.24, 2.45) is 5.92 Å². The third-order valence-corrected chi connectivity index (χ3v) is 3.64. The molecule has 6 heteroatoms. The molecule has 1 unspecified atom stereocenters. The summed E-state index contributed by atoms with van der Waals surface area (Å²) in [5, 5.41) is 9.90. The predicted molar refractivity (Wildman–Crippen MR) is 69.0 cm³/mol. The summed E-state index contributed by atoms with van der Waals surface area (Å²) >= 11 is 0. The van der Waals surface area contributed by atoms with E-state index in [0.717, 1.165) is 31.8 Å². The van der Waals surface area contributed by atoms with Crippen LogP contribution in [0.5, 0.6) is 0 Å². The number of likely N-dealkylation sites (tertiary alicyclic amines) is 1. The van der Waals surface area contributed by atoms with Gasteiger partial charge >= 0.3 is 6.18 Å². The zero-order valence-electron chi connectivity index (χ0n) is 11.8. The zero-order chi connectivity index (χ0) is 14.5. The molecule has 0 aromatic carbocycles. The number of β-amino-alcohol motifs (C(OH)–C–C–N with tert-alkyl or cyclic N) is 1. The van der Waals surface area contributed by atoms with Crippen molar-refractivity contribution in [1.29, 1.82) is 0 Å². The Bertz CT molecular complexity index is 253. The van der Waals surface area contributed by atoms with Crippen LogP contribution in [0.15, 0.2) is 0 Å². The number of nitrogens with zero attached hydrogens (tertiary/aromatic N) is 2. The summed E-state index contributed by atoms with van der Waals surface area (Å²) in [6.07, 6.45) is -3.25. The van der Waals surface area contributed by atoms with Crippen LogP contribution in [-0.2, 0) is 0 Å². The van der Waals surface area contributed by atoms with Gasteiger partial charge in [0.05, 0.1) is 12.5 Å². The molecule has 0 aromatic rings. The lowest BCUT2D eigenvalue weighted by Crippen LogP contribution is -2.42. The average molecular weight is 282 g/mol. The minimum absolute atomic E-state index is 0.0579. The number of halogens is 3. The van der Waals surface area contributed by atoms with Crippen LogP contribution >= 0.6 is 0 Å². The van der Waals surface area contributed by atoms with Crippen molar-refractivity contribution in [3.05, 3.63) is 0 Å². The molecule has 0 aromatic heterocycles. The molecule has 0 amide bonds. The van der Waals surface area contributed by atoms with Crippen molar-refractivity contribution in [3.63, 3.8) is 0 Å². The maximum absolute atomic E-state index is 12.1. The lowest BCUT2D eigenvalue weighted by Gasteiger charge is -2.32. The highest BCUT2D eigenvalue weighted by Crippen LogP contribution is 2.19. The topological polar surface area (TPSA) is 26.7 Å². The Morgan fingerprint density at radius 3 is 2.42 bits per heavy atom. The number of alkyl halides is 3. The molecular formula is C13H25F3N2O. The zero-order valence-corrected chi connectivity index (χ0v) is 11.8. The fourth-order valence-corrected chi connectivity index (χ4v) is 2.37. The van der Waals surface area contributed by atoms with E-state index in [1.165, 1.54) is 0 Å². The van der Waals surface area contributed by atoms with Crippen molar-refractivity contribution < 1.29 is 18.3 Å². The molecule has 1 aliphatic heterocycles. The van der Waals surface area contributed by atoms with Gasteiger partial charge < -0.3 is 14.9 Å². The fraction of sp³-hybridized carbons (Fsp3) is 1.00. The van der Waals surface area contributed by atoms with E-state index in [4.69, 9.17) is 0 Å². The quantitative estimate of drug-likeness (QED) is 0.807. The van der Waals surface area contributed by atoms with Crippen molar-refractivity contribution in [2.45, 2.75) is 38.5 Å². The largest absolute Gasteiger partial charge is 0.390 e. The molecule has 0 bridgehead atoms. The molecule has 0 saturated carbocycles. The van der Waals surface area contributed by atoms with Crippen molar-refractivity contribution >= 4 is 0 Å². The molecule has 1 saturated heterocycles. The summed E-state index contributed by atoms with van der Waals surface area (Å²) in [4.78, 5) is 3.74. The summed E-state index contributed by atoms with van der Waals surface area (Å²) in [5.74, 6) is 0.739.